The average Bonchev–Trinajstić information content (AvgIpc) is 2.79. The van der Waals surface area contributed by atoms with E-state index in [0.717, 1.165) is 6.42 Å². The van der Waals surface area contributed by atoms with Crippen LogP contribution in [0.1, 0.15) is 19.4 Å². The fraction of sp³-hybridized carbons (Fsp3) is 0.500. The highest BCUT2D eigenvalue weighted by atomic mass is 32.1. The van der Waals surface area contributed by atoms with Crippen molar-refractivity contribution in [3.8, 4) is 0 Å². The molecule has 1 amide bonds. The number of hydrogen-bond acceptors (Lipinski definition) is 3. The monoisotopic (exact) mass is 255 g/mol. The Morgan fingerprint density at radius 1 is 1.41 bits per heavy atom. The lowest BCUT2D eigenvalue weighted by Crippen LogP contribution is -2.36. The first-order chi connectivity index (χ1) is 8.02. The predicted molar refractivity (Wildman–Crippen MR) is 67.0 cm³/mol. The molecule has 1 aromatic rings. The van der Waals surface area contributed by atoms with Gasteiger partial charge in [-0.15, -0.1) is 0 Å². The summed E-state index contributed by atoms with van der Waals surface area (Å²) in [5, 5.41) is 15.6. The third-order valence-corrected chi connectivity index (χ3v) is 3.58. The van der Waals surface area contributed by atoms with Crippen LogP contribution in [0.3, 0.4) is 0 Å². The zero-order valence-corrected chi connectivity index (χ0v) is 10.8. The van der Waals surface area contributed by atoms with Gasteiger partial charge in [0.25, 0.3) is 0 Å². The van der Waals surface area contributed by atoms with Crippen LogP contribution in [0.15, 0.2) is 16.8 Å². The minimum atomic E-state index is -0.939. The Morgan fingerprint density at radius 2 is 2.12 bits per heavy atom. The molecule has 0 aromatic carbocycles. The predicted octanol–water partition coefficient (Wildman–Crippen LogP) is 1.76. The summed E-state index contributed by atoms with van der Waals surface area (Å²) in [6.45, 7) is 3.73. The van der Waals surface area contributed by atoms with Crippen molar-refractivity contribution in [2.45, 2.75) is 20.3 Å². The molecule has 0 aliphatic heterocycles. The molecule has 0 saturated carbocycles. The number of carboxylic acid groups (broad SMARTS) is 1. The van der Waals surface area contributed by atoms with Gasteiger partial charge in [-0.3, -0.25) is 9.59 Å². The fourth-order valence-electron chi connectivity index (χ4n) is 1.37. The van der Waals surface area contributed by atoms with E-state index in [1.807, 2.05) is 16.8 Å². The molecule has 0 bridgehead atoms. The zero-order chi connectivity index (χ0) is 12.8. The minimum absolute atomic E-state index is 0.199. The summed E-state index contributed by atoms with van der Waals surface area (Å²) < 4.78 is 0. The van der Waals surface area contributed by atoms with Crippen molar-refractivity contribution < 1.29 is 14.7 Å². The molecule has 5 heteroatoms. The fourth-order valence-corrected chi connectivity index (χ4v) is 2.07. The molecule has 1 rings (SSSR count). The Bertz CT molecular complexity index is 375. The standard InChI is InChI=1S/C12H17NO3S/c1-8(9(2)12(15)16)11(14)13-5-3-10-4-6-17-7-10/h4,6-9H,3,5H2,1-2H3,(H,13,14)(H,15,16). The first kappa shape index (κ1) is 13.7. The molecule has 0 aliphatic rings. The molecular weight excluding hydrogens is 238 g/mol. The normalized spacial score (nSPS) is 14.0. The van der Waals surface area contributed by atoms with Crippen molar-refractivity contribution in [3.63, 3.8) is 0 Å². The number of rotatable bonds is 6. The van der Waals surface area contributed by atoms with Gasteiger partial charge in [-0.2, -0.15) is 11.3 Å². The number of carboxylic acids is 1. The minimum Gasteiger partial charge on any atom is -0.481 e. The van der Waals surface area contributed by atoms with Crippen molar-refractivity contribution in [1.82, 2.24) is 5.32 Å². The van der Waals surface area contributed by atoms with E-state index < -0.39 is 17.8 Å². The van der Waals surface area contributed by atoms with Crippen LogP contribution < -0.4 is 5.32 Å². The lowest BCUT2D eigenvalue weighted by atomic mass is 9.95. The summed E-state index contributed by atoms with van der Waals surface area (Å²) in [4.78, 5) is 22.4. The highest BCUT2D eigenvalue weighted by Gasteiger charge is 2.25. The third kappa shape index (κ3) is 4.19. The number of carbonyl (C=O) groups is 2. The van der Waals surface area contributed by atoms with Crippen LogP contribution in [0, 0.1) is 11.8 Å². The molecular formula is C12H17NO3S. The number of amides is 1. The van der Waals surface area contributed by atoms with E-state index >= 15 is 0 Å². The van der Waals surface area contributed by atoms with Crippen LogP contribution in [0.25, 0.3) is 0 Å². The maximum atomic E-state index is 11.6. The van der Waals surface area contributed by atoms with Crippen LogP contribution in [-0.2, 0) is 16.0 Å². The molecule has 94 valence electrons. The Kier molecular flexibility index (Phi) is 5.15. The summed E-state index contributed by atoms with van der Waals surface area (Å²) in [6.07, 6.45) is 0.781. The van der Waals surface area contributed by atoms with E-state index in [-0.39, 0.29) is 5.91 Å². The van der Waals surface area contributed by atoms with Gasteiger partial charge >= 0.3 is 5.97 Å². The molecule has 1 aromatic heterocycles. The molecule has 0 aliphatic carbocycles. The maximum Gasteiger partial charge on any atom is 0.307 e. The molecule has 1 heterocycles. The maximum absolute atomic E-state index is 11.6. The van der Waals surface area contributed by atoms with Gasteiger partial charge in [-0.05, 0) is 28.8 Å². The summed E-state index contributed by atoms with van der Waals surface area (Å²) >= 11 is 1.62. The number of hydrogen-bond donors (Lipinski definition) is 2. The Hall–Kier alpha value is -1.36. The molecule has 2 N–H and O–H groups in total. The van der Waals surface area contributed by atoms with E-state index in [1.54, 1.807) is 25.2 Å². The van der Waals surface area contributed by atoms with Crippen LogP contribution in [-0.4, -0.2) is 23.5 Å². The van der Waals surface area contributed by atoms with Crippen molar-refractivity contribution in [2.24, 2.45) is 11.8 Å². The zero-order valence-electron chi connectivity index (χ0n) is 9.97. The molecule has 2 atom stereocenters. The van der Waals surface area contributed by atoms with E-state index in [0.29, 0.717) is 6.54 Å². The van der Waals surface area contributed by atoms with Crippen molar-refractivity contribution in [2.75, 3.05) is 6.54 Å². The molecule has 2 unspecified atom stereocenters. The molecule has 0 radical (unpaired) electrons. The first-order valence-corrected chi connectivity index (χ1v) is 6.48. The summed E-state index contributed by atoms with van der Waals surface area (Å²) in [7, 11) is 0. The van der Waals surface area contributed by atoms with Crippen molar-refractivity contribution >= 4 is 23.2 Å². The van der Waals surface area contributed by atoms with Gasteiger partial charge in [-0.1, -0.05) is 13.8 Å². The number of thiophene rings is 1. The van der Waals surface area contributed by atoms with Gasteiger partial charge in [0.2, 0.25) is 5.91 Å². The van der Waals surface area contributed by atoms with E-state index in [2.05, 4.69) is 5.32 Å². The van der Waals surface area contributed by atoms with Crippen LogP contribution in [0.2, 0.25) is 0 Å². The highest BCUT2D eigenvalue weighted by molar-refractivity contribution is 7.07. The van der Waals surface area contributed by atoms with Gasteiger partial charge in [-0.25, -0.2) is 0 Å². The summed E-state index contributed by atoms with van der Waals surface area (Å²) in [5.74, 6) is -2.30. The summed E-state index contributed by atoms with van der Waals surface area (Å²) in [6, 6.07) is 2.01. The Labute approximate surface area is 105 Å². The van der Waals surface area contributed by atoms with E-state index in [4.69, 9.17) is 5.11 Å². The molecule has 0 spiro atoms. The average molecular weight is 255 g/mol. The second kappa shape index (κ2) is 6.39. The van der Waals surface area contributed by atoms with E-state index in [9.17, 15) is 9.59 Å². The highest BCUT2D eigenvalue weighted by Crippen LogP contribution is 2.11. The third-order valence-electron chi connectivity index (χ3n) is 2.85. The van der Waals surface area contributed by atoms with Crippen molar-refractivity contribution in [3.05, 3.63) is 22.4 Å². The summed E-state index contributed by atoms with van der Waals surface area (Å²) in [5.41, 5.74) is 1.19. The Balaban J connectivity index is 2.32. The van der Waals surface area contributed by atoms with Crippen molar-refractivity contribution in [1.29, 1.82) is 0 Å². The molecule has 0 saturated heterocycles. The molecule has 17 heavy (non-hydrogen) atoms. The number of nitrogens with one attached hydrogen (secondary N) is 1. The van der Waals surface area contributed by atoms with Gasteiger partial charge in [0.05, 0.1) is 5.92 Å². The lowest BCUT2D eigenvalue weighted by Gasteiger charge is -2.15. The van der Waals surface area contributed by atoms with Crippen LogP contribution in [0.4, 0.5) is 0 Å². The van der Waals surface area contributed by atoms with E-state index in [1.165, 1.54) is 5.56 Å². The smallest absolute Gasteiger partial charge is 0.307 e. The topological polar surface area (TPSA) is 66.4 Å². The second-order valence-electron chi connectivity index (χ2n) is 4.09. The van der Waals surface area contributed by atoms with Crippen LogP contribution >= 0.6 is 11.3 Å². The first-order valence-electron chi connectivity index (χ1n) is 5.54. The van der Waals surface area contributed by atoms with Gasteiger partial charge in [0, 0.05) is 12.5 Å². The second-order valence-corrected chi connectivity index (χ2v) is 4.87. The Morgan fingerprint density at radius 3 is 2.65 bits per heavy atom. The number of aliphatic carboxylic acids is 1. The van der Waals surface area contributed by atoms with Gasteiger partial charge < -0.3 is 10.4 Å². The largest absolute Gasteiger partial charge is 0.481 e. The number of carbonyl (C=O) groups excluding carboxylic acids is 1. The quantitative estimate of drug-likeness (QED) is 0.814. The SMILES string of the molecule is CC(C(=O)O)C(C)C(=O)NCCc1ccsc1. The van der Waals surface area contributed by atoms with Gasteiger partial charge in [0.1, 0.15) is 0 Å². The molecule has 4 nitrogen and oxygen atoms in total. The van der Waals surface area contributed by atoms with Crippen LogP contribution in [0.5, 0.6) is 0 Å². The molecule has 0 fully saturated rings. The lowest BCUT2D eigenvalue weighted by molar-refractivity contribution is -0.146. The van der Waals surface area contributed by atoms with Gasteiger partial charge in [0.15, 0.2) is 0 Å².